The average molecular weight is 431 g/mol. The largest absolute Gasteiger partial charge is 0.456 e. The van der Waals surface area contributed by atoms with Gasteiger partial charge in [-0.25, -0.2) is 0 Å². The zero-order chi connectivity index (χ0) is 22.9. The Morgan fingerprint density at radius 2 is 1.24 bits per heavy atom. The number of carbonyl (C=O) groups excluding carboxylic acids is 1. The molecule has 0 bridgehead atoms. The van der Waals surface area contributed by atoms with E-state index in [1.165, 1.54) is 6.07 Å². The highest BCUT2D eigenvalue weighted by molar-refractivity contribution is 6.06. The summed E-state index contributed by atoms with van der Waals surface area (Å²) in [5.74, 6) is 0.638. The van der Waals surface area contributed by atoms with E-state index in [0.29, 0.717) is 16.7 Å². The molecule has 5 rings (SSSR count). The summed E-state index contributed by atoms with van der Waals surface area (Å²) in [6.07, 6.45) is 3.43. The van der Waals surface area contributed by atoms with Gasteiger partial charge in [0.1, 0.15) is 11.3 Å². The molecule has 0 N–H and O–H groups in total. The lowest BCUT2D eigenvalue weighted by molar-refractivity contribution is 0.104. The van der Waals surface area contributed by atoms with E-state index in [0.717, 1.165) is 16.7 Å². The second-order valence-electron chi connectivity index (χ2n) is 7.31. The smallest absolute Gasteiger partial charge is 0.193 e. The van der Waals surface area contributed by atoms with Crippen molar-refractivity contribution in [1.29, 1.82) is 0 Å². The van der Waals surface area contributed by atoms with Gasteiger partial charge in [0.2, 0.25) is 0 Å². The van der Waals surface area contributed by atoms with Crippen LogP contribution in [0.3, 0.4) is 0 Å². The first-order chi connectivity index (χ1) is 16.2. The molecule has 0 radical (unpaired) electrons. The monoisotopic (exact) mass is 430 g/mol. The number of benzene rings is 4. The van der Waals surface area contributed by atoms with Crippen molar-refractivity contribution < 1.29 is 9.21 Å². The molecule has 1 heterocycles. The van der Waals surface area contributed by atoms with E-state index in [1.807, 2.05) is 115 Å². The van der Waals surface area contributed by atoms with Gasteiger partial charge in [0.15, 0.2) is 11.2 Å². The van der Waals surface area contributed by atoms with Crippen LogP contribution in [0, 0.1) is 0 Å². The van der Waals surface area contributed by atoms with Gasteiger partial charge < -0.3 is 4.42 Å². The van der Waals surface area contributed by atoms with Crippen LogP contribution in [0.1, 0.15) is 15.9 Å². The Kier molecular flexibility index (Phi) is 7.04. The minimum Gasteiger partial charge on any atom is -0.456 e. The Labute approximate surface area is 192 Å². The Balaban J connectivity index is 0.000000157. The van der Waals surface area contributed by atoms with Crippen LogP contribution in [0.2, 0.25) is 0 Å². The van der Waals surface area contributed by atoms with E-state index in [4.69, 9.17) is 4.42 Å². The number of hydrogen-bond acceptors (Lipinski definition) is 3. The zero-order valence-corrected chi connectivity index (χ0v) is 17.9. The summed E-state index contributed by atoms with van der Waals surface area (Å²) in [6, 6.07) is 37.5. The highest BCUT2D eigenvalue weighted by atomic mass is 16.3. The van der Waals surface area contributed by atoms with Gasteiger partial charge in [-0.2, -0.15) is 0 Å². The van der Waals surface area contributed by atoms with Crippen molar-refractivity contribution in [2.24, 2.45) is 0 Å². The van der Waals surface area contributed by atoms with Crippen molar-refractivity contribution in [2.75, 3.05) is 0 Å². The molecule has 1 aromatic heterocycles. The van der Waals surface area contributed by atoms with E-state index < -0.39 is 0 Å². The van der Waals surface area contributed by atoms with Gasteiger partial charge in [-0.1, -0.05) is 109 Å². The summed E-state index contributed by atoms with van der Waals surface area (Å²) < 4.78 is 5.73. The standard InChI is InChI=1S/C15H10O2.C15H12O/c16-13-10-15(11-6-2-1-3-7-11)17-14-9-5-4-8-12(13)14;16-15(14-9-5-2-6-10-14)12-11-13-7-3-1-4-8-13/h1-10H;1-12H. The molecule has 0 unspecified atom stereocenters. The minimum atomic E-state index is -0.00861. The van der Waals surface area contributed by atoms with Crippen molar-refractivity contribution in [3.05, 3.63) is 149 Å². The van der Waals surface area contributed by atoms with Gasteiger partial charge in [-0.05, 0) is 23.8 Å². The lowest BCUT2D eigenvalue weighted by Gasteiger charge is -2.02. The number of carbonyl (C=O) groups is 1. The molecule has 0 aliphatic carbocycles. The summed E-state index contributed by atoms with van der Waals surface area (Å²) in [5.41, 5.74) is 3.28. The fraction of sp³-hybridized carbons (Fsp3) is 0. The molecular formula is C30H22O3. The maximum atomic E-state index is 11.9. The number of hydrogen-bond donors (Lipinski definition) is 0. The van der Waals surface area contributed by atoms with E-state index in [9.17, 15) is 9.59 Å². The van der Waals surface area contributed by atoms with Crippen LogP contribution < -0.4 is 5.43 Å². The highest BCUT2D eigenvalue weighted by Gasteiger charge is 2.05. The molecule has 33 heavy (non-hydrogen) atoms. The zero-order valence-electron chi connectivity index (χ0n) is 17.9. The summed E-state index contributed by atoms with van der Waals surface area (Å²) in [5, 5.41) is 0.618. The predicted molar refractivity (Wildman–Crippen MR) is 134 cm³/mol. The fourth-order valence-corrected chi connectivity index (χ4v) is 3.28. The van der Waals surface area contributed by atoms with Crippen LogP contribution >= 0.6 is 0 Å². The molecule has 0 aliphatic rings. The van der Waals surface area contributed by atoms with Gasteiger partial charge in [-0.3, -0.25) is 9.59 Å². The lowest BCUT2D eigenvalue weighted by Crippen LogP contribution is -1.99. The van der Waals surface area contributed by atoms with Gasteiger partial charge in [0.05, 0.1) is 5.39 Å². The first-order valence-electron chi connectivity index (χ1n) is 10.6. The second kappa shape index (κ2) is 10.7. The number of para-hydroxylation sites is 1. The lowest BCUT2D eigenvalue weighted by atomic mass is 10.1. The molecule has 160 valence electrons. The molecular weight excluding hydrogens is 408 g/mol. The topological polar surface area (TPSA) is 47.3 Å². The van der Waals surface area contributed by atoms with Crippen molar-refractivity contribution in [3.8, 4) is 11.3 Å². The fourth-order valence-electron chi connectivity index (χ4n) is 3.28. The molecule has 0 atom stereocenters. The third-order valence-corrected chi connectivity index (χ3v) is 4.98. The van der Waals surface area contributed by atoms with Crippen LogP contribution in [0.5, 0.6) is 0 Å². The molecule has 3 nitrogen and oxygen atoms in total. The number of allylic oxidation sites excluding steroid dienone is 1. The number of ketones is 1. The minimum absolute atomic E-state index is 0.00861. The van der Waals surface area contributed by atoms with Crippen molar-refractivity contribution >= 4 is 22.8 Å². The maximum absolute atomic E-state index is 11.9. The van der Waals surface area contributed by atoms with Gasteiger partial charge in [0.25, 0.3) is 0 Å². The van der Waals surface area contributed by atoms with Crippen LogP contribution in [0.4, 0.5) is 0 Å². The molecule has 3 heteroatoms. The molecule has 0 spiro atoms. The molecule has 0 saturated heterocycles. The van der Waals surface area contributed by atoms with Gasteiger partial charge >= 0.3 is 0 Å². The van der Waals surface area contributed by atoms with Crippen LogP contribution in [0.15, 0.2) is 137 Å². The maximum Gasteiger partial charge on any atom is 0.193 e. The highest BCUT2D eigenvalue weighted by Crippen LogP contribution is 2.21. The Bertz CT molecular complexity index is 1420. The predicted octanol–water partition coefficient (Wildman–Crippen LogP) is 7.04. The first kappa shape index (κ1) is 21.7. The quantitative estimate of drug-likeness (QED) is 0.227. The van der Waals surface area contributed by atoms with Crippen molar-refractivity contribution in [3.63, 3.8) is 0 Å². The van der Waals surface area contributed by atoms with Crippen LogP contribution in [-0.2, 0) is 0 Å². The normalized spacial score (nSPS) is 10.5. The van der Waals surface area contributed by atoms with Crippen LogP contribution in [0.25, 0.3) is 28.4 Å². The molecule has 5 aromatic rings. The Morgan fingerprint density at radius 3 is 1.94 bits per heavy atom. The molecule has 4 aromatic carbocycles. The van der Waals surface area contributed by atoms with Gasteiger partial charge in [-0.15, -0.1) is 0 Å². The first-order valence-corrected chi connectivity index (χ1v) is 10.6. The Morgan fingerprint density at radius 1 is 0.667 bits per heavy atom. The third kappa shape index (κ3) is 5.81. The molecule has 0 aliphatic heterocycles. The summed E-state index contributed by atoms with van der Waals surface area (Å²) in [7, 11) is 0. The summed E-state index contributed by atoms with van der Waals surface area (Å²) in [4.78, 5) is 23.6. The van der Waals surface area contributed by atoms with Gasteiger partial charge in [0, 0.05) is 17.2 Å². The second-order valence-corrected chi connectivity index (χ2v) is 7.31. The molecule has 0 amide bonds. The van der Waals surface area contributed by atoms with Crippen LogP contribution in [-0.4, -0.2) is 5.78 Å². The summed E-state index contributed by atoms with van der Waals surface area (Å²) in [6.45, 7) is 0. The average Bonchev–Trinajstić information content (AvgIpc) is 2.89. The summed E-state index contributed by atoms with van der Waals surface area (Å²) >= 11 is 0. The third-order valence-electron chi connectivity index (χ3n) is 4.98. The van der Waals surface area contributed by atoms with Crippen molar-refractivity contribution in [1.82, 2.24) is 0 Å². The van der Waals surface area contributed by atoms with Crippen molar-refractivity contribution in [2.45, 2.75) is 0 Å². The molecule has 0 saturated carbocycles. The SMILES string of the molecule is O=C(C=Cc1ccccc1)c1ccccc1.O=c1cc(-c2ccccc2)oc2ccccc12. The van der Waals surface area contributed by atoms with E-state index in [1.54, 1.807) is 12.1 Å². The molecule has 0 fully saturated rings. The number of fused-ring (bicyclic) bond motifs is 1. The van der Waals surface area contributed by atoms with E-state index in [-0.39, 0.29) is 11.2 Å². The van der Waals surface area contributed by atoms with E-state index >= 15 is 0 Å². The van der Waals surface area contributed by atoms with E-state index in [2.05, 4.69) is 0 Å². The Hall–Kier alpha value is -4.50. The number of rotatable bonds is 4.